The lowest BCUT2D eigenvalue weighted by atomic mass is 9.97. The molecule has 0 amide bonds. The van der Waals surface area contributed by atoms with E-state index in [0.717, 1.165) is 28.2 Å². The highest BCUT2D eigenvalue weighted by molar-refractivity contribution is 6.31. The molecule has 0 saturated heterocycles. The van der Waals surface area contributed by atoms with Crippen LogP contribution in [0, 0.1) is 6.92 Å². The van der Waals surface area contributed by atoms with Crippen molar-refractivity contribution in [2.24, 2.45) is 5.84 Å². The summed E-state index contributed by atoms with van der Waals surface area (Å²) >= 11 is 6.21. The molecule has 2 aromatic carbocycles. The highest BCUT2D eigenvalue weighted by Crippen LogP contribution is 2.34. The fourth-order valence-electron chi connectivity index (χ4n) is 2.22. The van der Waals surface area contributed by atoms with Gasteiger partial charge in [-0.3, -0.25) is 5.84 Å². The van der Waals surface area contributed by atoms with Crippen LogP contribution < -0.4 is 20.7 Å². The zero-order chi connectivity index (χ0) is 15.4. The summed E-state index contributed by atoms with van der Waals surface area (Å²) in [6.45, 7) is 1.96. The van der Waals surface area contributed by atoms with Gasteiger partial charge in [-0.05, 0) is 42.3 Å². The highest BCUT2D eigenvalue weighted by Gasteiger charge is 2.18. The van der Waals surface area contributed by atoms with Gasteiger partial charge < -0.3 is 9.47 Å². The maximum absolute atomic E-state index is 6.21. The molecule has 0 aliphatic heterocycles. The number of hydrogen-bond acceptors (Lipinski definition) is 4. The number of nitrogens with one attached hydrogen (secondary N) is 1. The first-order valence-electron chi connectivity index (χ1n) is 6.54. The van der Waals surface area contributed by atoms with E-state index in [1.54, 1.807) is 14.2 Å². The van der Waals surface area contributed by atoms with E-state index >= 15 is 0 Å². The number of ether oxygens (including phenoxy) is 2. The van der Waals surface area contributed by atoms with Crippen molar-refractivity contribution in [3.8, 4) is 11.5 Å². The van der Waals surface area contributed by atoms with Crippen LogP contribution in [0.25, 0.3) is 0 Å². The van der Waals surface area contributed by atoms with Crippen molar-refractivity contribution in [2.75, 3.05) is 14.2 Å². The second kappa shape index (κ2) is 6.80. The average Bonchev–Trinajstić information content (AvgIpc) is 2.51. The molecular weight excluding hydrogens is 288 g/mol. The largest absolute Gasteiger partial charge is 0.497 e. The molecule has 0 heterocycles. The lowest BCUT2D eigenvalue weighted by molar-refractivity contribution is 0.394. The second-order valence-corrected chi connectivity index (χ2v) is 5.12. The predicted octanol–water partition coefficient (Wildman–Crippen LogP) is 3.22. The van der Waals surface area contributed by atoms with Gasteiger partial charge in [0.1, 0.15) is 11.5 Å². The van der Waals surface area contributed by atoms with Crippen molar-refractivity contribution < 1.29 is 9.47 Å². The summed E-state index contributed by atoms with van der Waals surface area (Å²) in [7, 11) is 3.25. The second-order valence-electron chi connectivity index (χ2n) is 4.72. The molecule has 112 valence electrons. The van der Waals surface area contributed by atoms with Gasteiger partial charge in [0.15, 0.2) is 0 Å². The van der Waals surface area contributed by atoms with Crippen LogP contribution in [0.1, 0.15) is 22.7 Å². The molecule has 2 aromatic rings. The molecule has 0 aliphatic rings. The first kappa shape index (κ1) is 15.6. The van der Waals surface area contributed by atoms with E-state index in [9.17, 15) is 0 Å². The lowest BCUT2D eigenvalue weighted by Crippen LogP contribution is -2.29. The Labute approximate surface area is 129 Å². The number of aryl methyl sites for hydroxylation is 1. The maximum Gasteiger partial charge on any atom is 0.124 e. The molecule has 0 saturated carbocycles. The third-order valence-corrected chi connectivity index (χ3v) is 3.85. The van der Waals surface area contributed by atoms with Crippen LogP contribution in [-0.2, 0) is 0 Å². The monoisotopic (exact) mass is 306 g/mol. The summed E-state index contributed by atoms with van der Waals surface area (Å²) in [5, 5.41) is 0.703. The quantitative estimate of drug-likeness (QED) is 0.658. The van der Waals surface area contributed by atoms with Crippen LogP contribution in [0.15, 0.2) is 36.4 Å². The summed E-state index contributed by atoms with van der Waals surface area (Å²) in [4.78, 5) is 0. The van der Waals surface area contributed by atoms with Crippen molar-refractivity contribution in [3.63, 3.8) is 0 Å². The van der Waals surface area contributed by atoms with Crippen LogP contribution >= 0.6 is 11.6 Å². The standard InChI is InChI=1S/C16H19ClN2O2/c1-10-4-5-11(8-14(10)17)16(19-18)13-9-12(20-2)6-7-15(13)21-3/h4-9,16,19H,18H2,1-3H3. The Bertz CT molecular complexity index is 632. The number of benzene rings is 2. The molecule has 4 nitrogen and oxygen atoms in total. The zero-order valence-electron chi connectivity index (χ0n) is 12.3. The van der Waals surface area contributed by atoms with E-state index in [2.05, 4.69) is 5.43 Å². The van der Waals surface area contributed by atoms with Crippen molar-refractivity contribution in [3.05, 3.63) is 58.1 Å². The zero-order valence-corrected chi connectivity index (χ0v) is 13.1. The van der Waals surface area contributed by atoms with E-state index in [1.807, 2.05) is 43.3 Å². The Morgan fingerprint density at radius 1 is 1.10 bits per heavy atom. The van der Waals surface area contributed by atoms with Gasteiger partial charge in [0.05, 0.1) is 20.3 Å². The first-order chi connectivity index (χ1) is 10.1. The Balaban J connectivity index is 2.51. The SMILES string of the molecule is COc1ccc(OC)c(C(NN)c2ccc(C)c(Cl)c2)c1. The Hall–Kier alpha value is -1.75. The fraction of sp³-hybridized carbons (Fsp3) is 0.250. The number of nitrogens with two attached hydrogens (primary N) is 1. The van der Waals surface area contributed by atoms with Crippen molar-refractivity contribution in [2.45, 2.75) is 13.0 Å². The molecule has 0 bridgehead atoms. The number of rotatable bonds is 5. The normalized spacial score (nSPS) is 12.0. The Morgan fingerprint density at radius 3 is 2.43 bits per heavy atom. The van der Waals surface area contributed by atoms with Gasteiger partial charge in [0.2, 0.25) is 0 Å². The Kier molecular flexibility index (Phi) is 5.07. The smallest absolute Gasteiger partial charge is 0.124 e. The van der Waals surface area contributed by atoms with Gasteiger partial charge in [-0.15, -0.1) is 0 Å². The number of methoxy groups -OCH3 is 2. The average molecular weight is 307 g/mol. The number of hydrazine groups is 1. The molecule has 0 radical (unpaired) electrons. The van der Waals surface area contributed by atoms with E-state index in [4.69, 9.17) is 26.9 Å². The third kappa shape index (κ3) is 3.29. The minimum Gasteiger partial charge on any atom is -0.497 e. The summed E-state index contributed by atoms with van der Waals surface area (Å²) in [5.41, 5.74) is 5.68. The van der Waals surface area contributed by atoms with E-state index in [1.165, 1.54) is 0 Å². The van der Waals surface area contributed by atoms with Crippen molar-refractivity contribution in [1.29, 1.82) is 0 Å². The predicted molar refractivity (Wildman–Crippen MR) is 84.9 cm³/mol. The molecule has 0 aliphatic carbocycles. The van der Waals surface area contributed by atoms with Crippen LogP contribution in [-0.4, -0.2) is 14.2 Å². The molecular formula is C16H19ClN2O2. The third-order valence-electron chi connectivity index (χ3n) is 3.44. The molecule has 3 N–H and O–H groups in total. The first-order valence-corrected chi connectivity index (χ1v) is 6.92. The van der Waals surface area contributed by atoms with E-state index in [-0.39, 0.29) is 6.04 Å². The number of halogens is 1. The highest BCUT2D eigenvalue weighted by atomic mass is 35.5. The molecule has 2 rings (SSSR count). The van der Waals surface area contributed by atoms with Gasteiger partial charge in [-0.2, -0.15) is 0 Å². The fourth-order valence-corrected chi connectivity index (χ4v) is 2.41. The van der Waals surface area contributed by atoms with Crippen LogP contribution in [0.4, 0.5) is 0 Å². The summed E-state index contributed by atoms with van der Waals surface area (Å²) in [6.07, 6.45) is 0. The summed E-state index contributed by atoms with van der Waals surface area (Å²) in [5.74, 6) is 7.22. The molecule has 1 unspecified atom stereocenters. The molecule has 1 atom stereocenters. The minimum absolute atomic E-state index is 0.242. The topological polar surface area (TPSA) is 56.5 Å². The summed E-state index contributed by atoms with van der Waals surface area (Å²) in [6, 6.07) is 11.2. The van der Waals surface area contributed by atoms with Crippen LogP contribution in [0.3, 0.4) is 0 Å². The summed E-state index contributed by atoms with van der Waals surface area (Å²) < 4.78 is 10.7. The van der Waals surface area contributed by atoms with Gasteiger partial charge in [0, 0.05) is 10.6 Å². The Morgan fingerprint density at radius 2 is 1.86 bits per heavy atom. The molecule has 0 aromatic heterocycles. The van der Waals surface area contributed by atoms with Crippen LogP contribution in [0.2, 0.25) is 5.02 Å². The van der Waals surface area contributed by atoms with E-state index < -0.39 is 0 Å². The lowest BCUT2D eigenvalue weighted by Gasteiger charge is -2.21. The van der Waals surface area contributed by atoms with Gasteiger partial charge in [-0.25, -0.2) is 5.43 Å². The molecule has 5 heteroatoms. The van der Waals surface area contributed by atoms with Crippen LogP contribution in [0.5, 0.6) is 11.5 Å². The molecule has 0 spiro atoms. The van der Waals surface area contributed by atoms with E-state index in [0.29, 0.717) is 5.02 Å². The van der Waals surface area contributed by atoms with Crippen molar-refractivity contribution >= 4 is 11.6 Å². The number of hydrogen-bond donors (Lipinski definition) is 2. The van der Waals surface area contributed by atoms with Gasteiger partial charge >= 0.3 is 0 Å². The molecule has 21 heavy (non-hydrogen) atoms. The van der Waals surface area contributed by atoms with Gasteiger partial charge in [-0.1, -0.05) is 23.7 Å². The van der Waals surface area contributed by atoms with Gasteiger partial charge in [0.25, 0.3) is 0 Å². The molecule has 0 fully saturated rings. The van der Waals surface area contributed by atoms with Crippen molar-refractivity contribution in [1.82, 2.24) is 5.43 Å². The minimum atomic E-state index is -0.242. The maximum atomic E-state index is 6.21.